The predicted octanol–water partition coefficient (Wildman–Crippen LogP) is 2.12. The van der Waals surface area contributed by atoms with Gasteiger partial charge in [0.1, 0.15) is 22.9 Å². The number of nitrogens with two attached hydrogens (primary N) is 2. The van der Waals surface area contributed by atoms with Gasteiger partial charge in [-0.15, -0.1) is 0 Å². The van der Waals surface area contributed by atoms with Crippen LogP contribution in [0.2, 0.25) is 0 Å². The van der Waals surface area contributed by atoms with E-state index in [-0.39, 0.29) is 35.4 Å². The van der Waals surface area contributed by atoms with Crippen LogP contribution in [0.3, 0.4) is 0 Å². The van der Waals surface area contributed by atoms with Gasteiger partial charge in [0, 0.05) is 42.1 Å². The van der Waals surface area contributed by atoms with E-state index in [4.69, 9.17) is 11.5 Å². The number of hydrogen-bond acceptors (Lipinski definition) is 8. The molecule has 0 spiro atoms. The number of hydrogen-bond donors (Lipinski definition) is 4. The van der Waals surface area contributed by atoms with Crippen LogP contribution in [0.4, 0.5) is 19.6 Å². The maximum absolute atomic E-state index is 14.5. The Bertz CT molecular complexity index is 936. The lowest BCUT2D eigenvalue weighted by Gasteiger charge is -2.38. The minimum absolute atomic E-state index is 0.0447. The average molecular weight is 447 g/mol. The zero-order valence-electron chi connectivity index (χ0n) is 15.8. The minimum Gasteiger partial charge on any atom is -0.382 e. The number of nitrogens with one attached hydrogen (secondary N) is 2. The summed E-state index contributed by atoms with van der Waals surface area (Å²) in [6.07, 6.45) is 4.37. The highest BCUT2D eigenvalue weighted by Gasteiger charge is 2.32. The minimum atomic E-state index is -4.34. The zero-order chi connectivity index (χ0) is 21.2. The third-order valence-electron chi connectivity index (χ3n) is 5.29. The zero-order valence-corrected chi connectivity index (χ0v) is 17.4. The van der Waals surface area contributed by atoms with Crippen molar-refractivity contribution in [3.05, 3.63) is 30.1 Å². The molecule has 1 aliphatic rings. The predicted molar refractivity (Wildman–Crippen MR) is 108 cm³/mol. The van der Waals surface area contributed by atoms with Gasteiger partial charge in [-0.05, 0) is 31.7 Å². The number of aromatic nitrogens is 2. The van der Waals surface area contributed by atoms with Crippen LogP contribution in [0, 0.1) is 23.5 Å². The molecule has 1 aromatic heterocycles. The van der Waals surface area contributed by atoms with Crippen molar-refractivity contribution in [2.75, 3.05) is 16.6 Å². The second-order valence-corrected chi connectivity index (χ2v) is 9.72. The summed E-state index contributed by atoms with van der Waals surface area (Å²) >= 11 is 0.780. The lowest BCUT2D eigenvalue weighted by Crippen LogP contribution is -2.50. The molecule has 6 N–H and O–H groups in total. The van der Waals surface area contributed by atoms with Crippen LogP contribution in [-0.2, 0) is 10.0 Å². The summed E-state index contributed by atoms with van der Waals surface area (Å²) in [5, 5.41) is 2.79. The number of anilines is 2. The summed E-state index contributed by atoms with van der Waals surface area (Å²) in [4.78, 5) is 2.85. The van der Waals surface area contributed by atoms with Crippen molar-refractivity contribution in [1.29, 1.82) is 0 Å². The van der Waals surface area contributed by atoms with Crippen molar-refractivity contribution in [2.45, 2.75) is 43.2 Å². The number of rotatable bonds is 9. The van der Waals surface area contributed by atoms with Crippen LogP contribution in [0.25, 0.3) is 0 Å². The summed E-state index contributed by atoms with van der Waals surface area (Å²) in [7, 11) is -4.34. The summed E-state index contributed by atoms with van der Waals surface area (Å²) < 4.78 is 59.3. The van der Waals surface area contributed by atoms with E-state index in [1.807, 2.05) is 6.92 Å². The van der Waals surface area contributed by atoms with Crippen LogP contribution in [0.15, 0.2) is 23.4 Å². The molecule has 2 aromatic rings. The first-order chi connectivity index (χ1) is 13.7. The Morgan fingerprint density at radius 1 is 1.28 bits per heavy atom. The van der Waals surface area contributed by atoms with Gasteiger partial charge in [0.15, 0.2) is 0 Å². The van der Waals surface area contributed by atoms with E-state index in [9.17, 15) is 17.2 Å². The fourth-order valence-corrected chi connectivity index (χ4v) is 5.07. The molecule has 3 atom stereocenters. The van der Waals surface area contributed by atoms with E-state index in [1.54, 1.807) is 0 Å². The maximum atomic E-state index is 14.5. The molecule has 0 saturated heterocycles. The Morgan fingerprint density at radius 3 is 2.55 bits per heavy atom. The van der Waals surface area contributed by atoms with Crippen molar-refractivity contribution in [3.63, 3.8) is 0 Å². The van der Waals surface area contributed by atoms with Crippen molar-refractivity contribution in [1.82, 2.24) is 9.36 Å². The molecule has 29 heavy (non-hydrogen) atoms. The van der Waals surface area contributed by atoms with E-state index < -0.39 is 26.6 Å². The van der Waals surface area contributed by atoms with Crippen LogP contribution >= 0.6 is 11.5 Å². The third-order valence-corrected chi connectivity index (χ3v) is 7.35. The molecule has 1 aromatic carbocycles. The summed E-state index contributed by atoms with van der Waals surface area (Å²) in [6, 6.07) is 1.08. The fourth-order valence-electron chi connectivity index (χ4n) is 3.33. The highest BCUT2D eigenvalue weighted by Crippen LogP contribution is 2.33. The van der Waals surface area contributed by atoms with Gasteiger partial charge in [-0.2, -0.15) is 4.37 Å². The van der Waals surface area contributed by atoms with Crippen LogP contribution in [-0.4, -0.2) is 36.4 Å². The third kappa shape index (κ3) is 5.00. The molecule has 1 aliphatic carbocycles. The van der Waals surface area contributed by atoms with Crippen molar-refractivity contribution < 1.29 is 17.2 Å². The molecule has 12 heteroatoms. The van der Waals surface area contributed by atoms with Gasteiger partial charge in [-0.3, -0.25) is 4.72 Å². The SMILES string of the molecule is CC(N)C(CNc1cc(F)c(S(=O)(=O)Nc2ncns2)cc1F)C(N)C1CCC1. The fraction of sp³-hybridized carbons (Fsp3) is 0.529. The molecular formula is C17H24F2N6O2S2. The van der Waals surface area contributed by atoms with Gasteiger partial charge in [0.2, 0.25) is 5.13 Å². The Morgan fingerprint density at radius 2 is 2.00 bits per heavy atom. The summed E-state index contributed by atoms with van der Waals surface area (Å²) in [5.74, 6) is -1.74. The highest BCUT2D eigenvalue weighted by molar-refractivity contribution is 7.93. The maximum Gasteiger partial charge on any atom is 0.266 e. The Balaban J connectivity index is 1.74. The molecular weight excluding hydrogens is 422 g/mol. The molecule has 1 heterocycles. The lowest BCUT2D eigenvalue weighted by molar-refractivity contribution is 0.198. The molecule has 3 unspecified atom stereocenters. The van der Waals surface area contributed by atoms with Crippen molar-refractivity contribution in [3.8, 4) is 0 Å². The molecule has 0 aliphatic heterocycles. The molecule has 1 saturated carbocycles. The largest absolute Gasteiger partial charge is 0.382 e. The molecule has 160 valence electrons. The van der Waals surface area contributed by atoms with Crippen LogP contribution in [0.1, 0.15) is 26.2 Å². The summed E-state index contributed by atoms with van der Waals surface area (Å²) in [6.45, 7) is 2.08. The molecule has 0 radical (unpaired) electrons. The first kappa shape index (κ1) is 21.8. The normalized spacial score (nSPS) is 18.0. The number of sulfonamides is 1. The van der Waals surface area contributed by atoms with Gasteiger partial charge < -0.3 is 16.8 Å². The van der Waals surface area contributed by atoms with Crippen molar-refractivity contribution in [2.24, 2.45) is 23.3 Å². The van der Waals surface area contributed by atoms with E-state index in [0.29, 0.717) is 12.0 Å². The van der Waals surface area contributed by atoms with Gasteiger partial charge in [0.25, 0.3) is 10.0 Å². The van der Waals surface area contributed by atoms with Crippen LogP contribution < -0.4 is 21.5 Å². The van der Waals surface area contributed by atoms with E-state index in [1.165, 1.54) is 0 Å². The molecule has 0 amide bonds. The topological polar surface area (TPSA) is 136 Å². The first-order valence-corrected chi connectivity index (χ1v) is 11.5. The monoisotopic (exact) mass is 446 g/mol. The second-order valence-electron chi connectivity index (χ2n) is 7.29. The van der Waals surface area contributed by atoms with Gasteiger partial charge >= 0.3 is 0 Å². The van der Waals surface area contributed by atoms with Crippen molar-refractivity contribution >= 4 is 32.4 Å². The molecule has 1 fully saturated rings. The van der Waals surface area contributed by atoms with Gasteiger partial charge in [-0.1, -0.05) is 6.42 Å². The summed E-state index contributed by atoms with van der Waals surface area (Å²) in [5.41, 5.74) is 12.2. The van der Waals surface area contributed by atoms with Gasteiger partial charge in [0.05, 0.1) is 5.69 Å². The smallest absolute Gasteiger partial charge is 0.266 e. The van der Waals surface area contributed by atoms with Crippen LogP contribution in [0.5, 0.6) is 0 Å². The van der Waals surface area contributed by atoms with E-state index in [2.05, 4.69) is 19.4 Å². The Kier molecular flexibility index (Phi) is 6.66. The van der Waals surface area contributed by atoms with E-state index in [0.717, 1.165) is 43.2 Å². The Labute approximate surface area is 172 Å². The standard InChI is InChI=1S/C17H24F2N6O2S2/c1-9(20)11(16(21)10-3-2-4-10)7-22-14-5-13(19)15(6-12(14)18)29(26,27)25-17-23-8-24-28-17/h5-6,8-11,16,22H,2-4,7,20-21H2,1H3,(H,23,24,25). The lowest BCUT2D eigenvalue weighted by atomic mass is 9.73. The molecule has 0 bridgehead atoms. The quantitative estimate of drug-likeness (QED) is 0.463. The number of benzene rings is 1. The number of halogens is 2. The Hall–Kier alpha value is -1.89. The number of nitrogens with zero attached hydrogens (tertiary/aromatic N) is 2. The molecule has 3 rings (SSSR count). The first-order valence-electron chi connectivity index (χ1n) is 9.22. The molecule has 8 nitrogen and oxygen atoms in total. The average Bonchev–Trinajstić information content (AvgIpc) is 3.07. The van der Waals surface area contributed by atoms with Gasteiger partial charge in [-0.25, -0.2) is 22.2 Å². The highest BCUT2D eigenvalue weighted by atomic mass is 32.2. The second kappa shape index (κ2) is 8.86. The van der Waals surface area contributed by atoms with E-state index >= 15 is 0 Å².